The van der Waals surface area contributed by atoms with Crippen molar-refractivity contribution in [3.8, 4) is 0 Å². The van der Waals surface area contributed by atoms with Crippen LogP contribution in [0.1, 0.15) is 26.7 Å². The molecule has 1 fully saturated rings. The number of aliphatic carboxylic acids is 2. The Kier molecular flexibility index (Phi) is 3.13. The van der Waals surface area contributed by atoms with Gasteiger partial charge in [-0.15, -0.1) is 0 Å². The van der Waals surface area contributed by atoms with Gasteiger partial charge in [0, 0.05) is 0 Å². The normalized spacial score (nSPS) is 34.0. The summed E-state index contributed by atoms with van der Waals surface area (Å²) in [4.78, 5) is 21.7. The molecule has 0 heterocycles. The first-order chi connectivity index (χ1) is 6.45. The van der Waals surface area contributed by atoms with Crippen molar-refractivity contribution in [3.05, 3.63) is 0 Å². The van der Waals surface area contributed by atoms with E-state index >= 15 is 0 Å². The first-order valence-corrected chi connectivity index (χ1v) is 4.90. The molecule has 1 rings (SSSR count). The summed E-state index contributed by atoms with van der Waals surface area (Å²) in [5, 5.41) is 17.8. The van der Waals surface area contributed by atoms with Crippen molar-refractivity contribution in [3.63, 3.8) is 0 Å². The fourth-order valence-corrected chi connectivity index (χ4v) is 2.41. The molecule has 0 amide bonds. The van der Waals surface area contributed by atoms with Crippen molar-refractivity contribution in [2.24, 2.45) is 23.7 Å². The van der Waals surface area contributed by atoms with Gasteiger partial charge in [0.15, 0.2) is 0 Å². The van der Waals surface area contributed by atoms with Crippen LogP contribution in [-0.4, -0.2) is 22.2 Å². The van der Waals surface area contributed by atoms with Crippen LogP contribution in [0, 0.1) is 23.7 Å². The largest absolute Gasteiger partial charge is 0.481 e. The summed E-state index contributed by atoms with van der Waals surface area (Å²) in [5.41, 5.74) is 0. The maximum Gasteiger partial charge on any atom is 0.307 e. The van der Waals surface area contributed by atoms with Gasteiger partial charge < -0.3 is 10.2 Å². The van der Waals surface area contributed by atoms with E-state index in [0.717, 1.165) is 6.42 Å². The molecule has 0 radical (unpaired) electrons. The molecule has 14 heavy (non-hydrogen) atoms. The van der Waals surface area contributed by atoms with Crippen LogP contribution in [0.15, 0.2) is 0 Å². The molecule has 0 saturated heterocycles. The van der Waals surface area contributed by atoms with Gasteiger partial charge in [0.25, 0.3) is 0 Å². The number of carboxylic acids is 2. The van der Waals surface area contributed by atoms with Crippen molar-refractivity contribution in [1.29, 1.82) is 0 Å². The highest BCUT2D eigenvalue weighted by atomic mass is 16.4. The highest BCUT2D eigenvalue weighted by Gasteiger charge is 2.43. The molecule has 0 aliphatic heterocycles. The molecule has 0 spiro atoms. The third kappa shape index (κ3) is 1.89. The van der Waals surface area contributed by atoms with Crippen LogP contribution < -0.4 is 0 Å². The maximum absolute atomic E-state index is 11.0. The average Bonchev–Trinajstić information content (AvgIpc) is 2.45. The van der Waals surface area contributed by atoms with Crippen molar-refractivity contribution in [1.82, 2.24) is 0 Å². The van der Waals surface area contributed by atoms with Crippen LogP contribution in [0.4, 0.5) is 0 Å². The molecule has 4 heteroatoms. The first-order valence-electron chi connectivity index (χ1n) is 4.90. The zero-order valence-corrected chi connectivity index (χ0v) is 8.43. The fraction of sp³-hybridized carbons (Fsp3) is 0.800. The van der Waals surface area contributed by atoms with Gasteiger partial charge in [0.1, 0.15) is 0 Å². The van der Waals surface area contributed by atoms with E-state index in [4.69, 9.17) is 10.2 Å². The van der Waals surface area contributed by atoms with Crippen LogP contribution in [0.5, 0.6) is 0 Å². The minimum Gasteiger partial charge on any atom is -0.481 e. The van der Waals surface area contributed by atoms with Gasteiger partial charge in [-0.1, -0.05) is 13.8 Å². The van der Waals surface area contributed by atoms with Crippen LogP contribution in [0.25, 0.3) is 0 Å². The molecule has 1 aliphatic rings. The van der Waals surface area contributed by atoms with E-state index < -0.39 is 23.8 Å². The Hall–Kier alpha value is -1.06. The van der Waals surface area contributed by atoms with E-state index in [1.165, 1.54) is 0 Å². The van der Waals surface area contributed by atoms with E-state index in [1.807, 2.05) is 6.92 Å². The third-order valence-corrected chi connectivity index (χ3v) is 3.35. The van der Waals surface area contributed by atoms with E-state index in [1.54, 1.807) is 6.92 Å². The predicted molar refractivity (Wildman–Crippen MR) is 49.8 cm³/mol. The molecule has 0 aromatic carbocycles. The topological polar surface area (TPSA) is 74.6 Å². The lowest BCUT2D eigenvalue weighted by molar-refractivity contribution is -0.148. The number of rotatable bonds is 3. The van der Waals surface area contributed by atoms with Gasteiger partial charge in [-0.05, 0) is 24.7 Å². The van der Waals surface area contributed by atoms with Gasteiger partial charge in [-0.3, -0.25) is 9.59 Å². The first kappa shape index (κ1) is 11.0. The summed E-state index contributed by atoms with van der Waals surface area (Å²) in [6.45, 7) is 3.48. The van der Waals surface area contributed by atoms with Gasteiger partial charge in [0.05, 0.1) is 11.8 Å². The zero-order chi connectivity index (χ0) is 10.9. The maximum atomic E-state index is 11.0. The highest BCUT2D eigenvalue weighted by molar-refractivity contribution is 5.75. The Bertz CT molecular complexity index is 249. The summed E-state index contributed by atoms with van der Waals surface area (Å²) in [5.74, 6) is -2.90. The second kappa shape index (κ2) is 3.98. The summed E-state index contributed by atoms with van der Waals surface area (Å²) in [6.07, 6.45) is 1.53. The molecule has 1 aliphatic carbocycles. The number of carbonyl (C=O) groups is 2. The van der Waals surface area contributed by atoms with Crippen LogP contribution >= 0.6 is 0 Å². The lowest BCUT2D eigenvalue weighted by atomic mass is 9.82. The zero-order valence-electron chi connectivity index (χ0n) is 8.43. The molecule has 0 aromatic rings. The lowest BCUT2D eigenvalue weighted by Gasteiger charge is -2.21. The highest BCUT2D eigenvalue weighted by Crippen LogP contribution is 2.41. The fourth-order valence-electron chi connectivity index (χ4n) is 2.41. The summed E-state index contributed by atoms with van der Waals surface area (Å²) < 4.78 is 0. The average molecular weight is 200 g/mol. The molecule has 4 atom stereocenters. The van der Waals surface area contributed by atoms with Gasteiger partial charge in [0.2, 0.25) is 0 Å². The minimum absolute atomic E-state index is 0.0966. The van der Waals surface area contributed by atoms with E-state index in [0.29, 0.717) is 6.42 Å². The molecule has 0 unspecified atom stereocenters. The smallest absolute Gasteiger partial charge is 0.307 e. The van der Waals surface area contributed by atoms with Crippen LogP contribution in [-0.2, 0) is 9.59 Å². The lowest BCUT2D eigenvalue weighted by Crippen LogP contribution is -2.30. The number of hydrogen-bond acceptors (Lipinski definition) is 2. The number of carboxylic acid groups (broad SMARTS) is 2. The van der Waals surface area contributed by atoms with Gasteiger partial charge >= 0.3 is 11.9 Å². The Morgan fingerprint density at radius 1 is 1.29 bits per heavy atom. The molecule has 1 saturated carbocycles. The molecular weight excluding hydrogens is 184 g/mol. The predicted octanol–water partition coefficient (Wildman–Crippen LogP) is 1.45. The van der Waals surface area contributed by atoms with E-state index in [2.05, 4.69) is 0 Å². The van der Waals surface area contributed by atoms with Crippen molar-refractivity contribution in [2.45, 2.75) is 26.7 Å². The number of hydrogen-bond donors (Lipinski definition) is 2. The Labute approximate surface area is 82.9 Å². The Balaban J connectivity index is 2.79. The van der Waals surface area contributed by atoms with E-state index in [-0.39, 0.29) is 11.8 Å². The molecular formula is C10H16O4. The van der Waals surface area contributed by atoms with Crippen molar-refractivity contribution in [2.75, 3.05) is 0 Å². The molecule has 2 N–H and O–H groups in total. The SMILES string of the molecule is C[C@H]1CC[C@@H]([C@@H](C)C(=O)O)[C@H]1C(=O)O. The standard InChI is InChI=1S/C10H16O4/c1-5-3-4-7(6(2)9(11)12)8(5)10(13)14/h5-8H,3-4H2,1-2H3,(H,11,12)(H,13,14)/t5-,6+,7-,8-/m0/s1. The van der Waals surface area contributed by atoms with E-state index in [9.17, 15) is 9.59 Å². The monoisotopic (exact) mass is 200 g/mol. The second-order valence-electron chi connectivity index (χ2n) is 4.21. The Morgan fingerprint density at radius 3 is 2.29 bits per heavy atom. The molecule has 0 aromatic heterocycles. The van der Waals surface area contributed by atoms with Crippen molar-refractivity contribution < 1.29 is 19.8 Å². The quantitative estimate of drug-likeness (QED) is 0.723. The summed E-state index contributed by atoms with van der Waals surface area (Å²) in [6, 6.07) is 0. The van der Waals surface area contributed by atoms with Gasteiger partial charge in [-0.2, -0.15) is 0 Å². The summed E-state index contributed by atoms with van der Waals surface area (Å²) >= 11 is 0. The van der Waals surface area contributed by atoms with Gasteiger partial charge in [-0.25, -0.2) is 0 Å². The second-order valence-corrected chi connectivity index (χ2v) is 4.21. The molecule has 4 nitrogen and oxygen atoms in total. The molecule has 0 bridgehead atoms. The summed E-state index contributed by atoms with van der Waals surface area (Å²) in [7, 11) is 0. The van der Waals surface area contributed by atoms with Crippen molar-refractivity contribution >= 4 is 11.9 Å². The van der Waals surface area contributed by atoms with Crippen LogP contribution in [0.2, 0.25) is 0 Å². The van der Waals surface area contributed by atoms with Crippen LogP contribution in [0.3, 0.4) is 0 Å². The third-order valence-electron chi connectivity index (χ3n) is 3.35. The Morgan fingerprint density at radius 2 is 1.86 bits per heavy atom. The molecule has 80 valence electrons. The minimum atomic E-state index is -0.893.